The van der Waals surface area contributed by atoms with E-state index in [1.165, 1.54) is 0 Å². The average Bonchev–Trinajstić information content (AvgIpc) is 2.19. The van der Waals surface area contributed by atoms with Crippen molar-refractivity contribution in [2.75, 3.05) is 0 Å². The van der Waals surface area contributed by atoms with Gasteiger partial charge in [-0.25, -0.2) is 9.18 Å². The Kier molecular flexibility index (Phi) is 3.59. The van der Waals surface area contributed by atoms with Crippen molar-refractivity contribution in [3.63, 3.8) is 0 Å². The van der Waals surface area contributed by atoms with E-state index in [4.69, 9.17) is 5.11 Å². The van der Waals surface area contributed by atoms with Gasteiger partial charge in [0, 0.05) is 0 Å². The molecule has 0 saturated heterocycles. The van der Waals surface area contributed by atoms with Gasteiger partial charge in [-0.3, -0.25) is 0 Å². The summed E-state index contributed by atoms with van der Waals surface area (Å²) in [7, 11) is 0. The third-order valence-corrected chi connectivity index (χ3v) is 2.10. The molecule has 1 aromatic rings. The summed E-state index contributed by atoms with van der Waals surface area (Å²) in [6.07, 6.45) is -6.46. The Bertz CT molecular complexity index is 466. The molecule has 100 valence electrons. The summed E-state index contributed by atoms with van der Waals surface area (Å²) in [4.78, 5) is 10.1. The zero-order valence-corrected chi connectivity index (χ0v) is 8.56. The zero-order valence-electron chi connectivity index (χ0n) is 8.56. The normalized spacial score (nSPS) is 12.6. The van der Waals surface area contributed by atoms with E-state index in [0.29, 0.717) is 12.1 Å². The smallest absolute Gasteiger partial charge is 0.416 e. The largest absolute Gasteiger partial charge is 0.477 e. The topological polar surface area (TPSA) is 37.3 Å². The van der Waals surface area contributed by atoms with Crippen LogP contribution in [0.5, 0.6) is 0 Å². The molecule has 0 amide bonds. The standard InChI is InChI=1S/C10H6F6O2/c11-7-2-1-6(10(14,15)16)3-5(7)4-9(12,13)8(17)18/h1-3H,4H2,(H,17,18). The van der Waals surface area contributed by atoms with Crippen molar-refractivity contribution in [1.29, 1.82) is 0 Å². The van der Waals surface area contributed by atoms with Gasteiger partial charge in [0.05, 0.1) is 12.0 Å². The van der Waals surface area contributed by atoms with E-state index >= 15 is 0 Å². The number of hydrogen-bond acceptors (Lipinski definition) is 1. The molecule has 0 aliphatic carbocycles. The van der Waals surface area contributed by atoms with Crippen LogP contribution in [-0.4, -0.2) is 17.0 Å². The molecule has 1 N–H and O–H groups in total. The summed E-state index contributed by atoms with van der Waals surface area (Å²) in [5.41, 5.74) is -2.32. The van der Waals surface area contributed by atoms with Crippen LogP contribution in [0.3, 0.4) is 0 Å². The van der Waals surface area contributed by atoms with E-state index in [9.17, 15) is 31.1 Å². The first kappa shape index (κ1) is 14.3. The highest BCUT2D eigenvalue weighted by molar-refractivity contribution is 5.75. The first-order chi connectivity index (χ1) is 8.04. The maximum atomic E-state index is 13.1. The lowest BCUT2D eigenvalue weighted by molar-refractivity contribution is -0.164. The molecular formula is C10H6F6O2. The predicted molar refractivity (Wildman–Crippen MR) is 47.7 cm³/mol. The monoisotopic (exact) mass is 272 g/mol. The lowest BCUT2D eigenvalue weighted by Crippen LogP contribution is -2.31. The molecule has 0 radical (unpaired) electrons. The van der Waals surface area contributed by atoms with E-state index in [2.05, 4.69) is 0 Å². The molecule has 0 aliphatic heterocycles. The number of aliphatic carboxylic acids is 1. The molecule has 1 aromatic carbocycles. The number of alkyl halides is 5. The number of carbonyl (C=O) groups is 1. The number of halogens is 6. The highest BCUT2D eigenvalue weighted by Crippen LogP contribution is 2.32. The molecule has 18 heavy (non-hydrogen) atoms. The van der Waals surface area contributed by atoms with Gasteiger partial charge in [0.2, 0.25) is 0 Å². The van der Waals surface area contributed by atoms with Gasteiger partial charge in [-0.15, -0.1) is 0 Å². The summed E-state index contributed by atoms with van der Waals surface area (Å²) in [5.74, 6) is -8.17. The second-order valence-corrected chi connectivity index (χ2v) is 3.49. The Balaban J connectivity index is 3.14. The van der Waals surface area contributed by atoms with Gasteiger partial charge < -0.3 is 5.11 Å². The van der Waals surface area contributed by atoms with Crippen molar-refractivity contribution in [3.05, 3.63) is 35.1 Å². The molecule has 0 fully saturated rings. The molecule has 0 aromatic heterocycles. The first-order valence-corrected chi connectivity index (χ1v) is 4.51. The van der Waals surface area contributed by atoms with Crippen LogP contribution in [0.4, 0.5) is 26.3 Å². The highest BCUT2D eigenvalue weighted by atomic mass is 19.4. The molecule has 0 bridgehead atoms. The molecule has 0 saturated carbocycles. The minimum atomic E-state index is -4.82. The molecule has 2 nitrogen and oxygen atoms in total. The molecule has 8 heteroatoms. The molecule has 0 aliphatic rings. The Morgan fingerprint density at radius 3 is 2.17 bits per heavy atom. The Hall–Kier alpha value is -1.73. The number of hydrogen-bond donors (Lipinski definition) is 1. The fraction of sp³-hybridized carbons (Fsp3) is 0.300. The van der Waals surface area contributed by atoms with Gasteiger partial charge in [0.25, 0.3) is 0 Å². The van der Waals surface area contributed by atoms with Crippen LogP contribution in [0, 0.1) is 5.82 Å². The first-order valence-electron chi connectivity index (χ1n) is 4.51. The van der Waals surface area contributed by atoms with Crippen molar-refractivity contribution in [1.82, 2.24) is 0 Å². The van der Waals surface area contributed by atoms with Crippen molar-refractivity contribution >= 4 is 5.97 Å². The molecule has 0 unspecified atom stereocenters. The van der Waals surface area contributed by atoms with Gasteiger partial charge in [-0.2, -0.15) is 22.0 Å². The van der Waals surface area contributed by atoms with Crippen molar-refractivity contribution in [2.45, 2.75) is 18.5 Å². The fourth-order valence-corrected chi connectivity index (χ4v) is 1.20. The molecule has 0 spiro atoms. The summed E-state index contributed by atoms with van der Waals surface area (Å²) in [5, 5.41) is 8.13. The van der Waals surface area contributed by atoms with Crippen LogP contribution in [0.25, 0.3) is 0 Å². The van der Waals surface area contributed by atoms with Crippen LogP contribution in [0.15, 0.2) is 18.2 Å². The lowest BCUT2D eigenvalue weighted by atomic mass is 10.0. The van der Waals surface area contributed by atoms with Gasteiger partial charge in [-0.05, 0) is 23.8 Å². The molecule has 0 atom stereocenters. The number of carboxylic acid groups (broad SMARTS) is 1. The van der Waals surface area contributed by atoms with Crippen molar-refractivity contribution < 1.29 is 36.2 Å². The van der Waals surface area contributed by atoms with Crippen LogP contribution >= 0.6 is 0 Å². The van der Waals surface area contributed by atoms with E-state index in [1.807, 2.05) is 0 Å². The summed E-state index contributed by atoms with van der Waals surface area (Å²) < 4.78 is 75.4. The van der Waals surface area contributed by atoms with Gasteiger partial charge in [0.1, 0.15) is 5.82 Å². The predicted octanol–water partition coefficient (Wildman–Crippen LogP) is 3.11. The zero-order chi connectivity index (χ0) is 14.1. The van der Waals surface area contributed by atoms with Crippen LogP contribution < -0.4 is 0 Å². The van der Waals surface area contributed by atoms with Crippen molar-refractivity contribution in [2.24, 2.45) is 0 Å². The highest BCUT2D eigenvalue weighted by Gasteiger charge is 2.40. The van der Waals surface area contributed by atoms with E-state index in [-0.39, 0.29) is 6.07 Å². The van der Waals surface area contributed by atoms with Gasteiger partial charge >= 0.3 is 18.1 Å². The van der Waals surface area contributed by atoms with Crippen molar-refractivity contribution in [3.8, 4) is 0 Å². The third kappa shape index (κ3) is 3.14. The minimum Gasteiger partial charge on any atom is -0.477 e. The van der Waals surface area contributed by atoms with Gasteiger partial charge in [0.15, 0.2) is 0 Å². The quantitative estimate of drug-likeness (QED) is 0.858. The summed E-state index contributed by atoms with van der Waals surface area (Å²) in [6, 6.07) is 0.931. The van der Waals surface area contributed by atoms with E-state index in [1.54, 1.807) is 0 Å². The minimum absolute atomic E-state index is 0.173. The Morgan fingerprint density at radius 2 is 1.72 bits per heavy atom. The molecular weight excluding hydrogens is 266 g/mol. The van der Waals surface area contributed by atoms with E-state index < -0.39 is 41.4 Å². The second kappa shape index (κ2) is 4.51. The SMILES string of the molecule is O=C(O)C(F)(F)Cc1cc(C(F)(F)F)ccc1F. The number of rotatable bonds is 3. The van der Waals surface area contributed by atoms with Crippen LogP contribution in [0.1, 0.15) is 11.1 Å². The lowest BCUT2D eigenvalue weighted by Gasteiger charge is -2.13. The Morgan fingerprint density at radius 1 is 1.17 bits per heavy atom. The van der Waals surface area contributed by atoms with Crippen LogP contribution in [0.2, 0.25) is 0 Å². The third-order valence-electron chi connectivity index (χ3n) is 2.10. The molecule has 1 rings (SSSR count). The summed E-state index contributed by atoms with van der Waals surface area (Å²) in [6.45, 7) is 0. The maximum Gasteiger partial charge on any atom is 0.416 e. The van der Waals surface area contributed by atoms with Gasteiger partial charge in [-0.1, -0.05) is 0 Å². The second-order valence-electron chi connectivity index (χ2n) is 3.49. The Labute approximate surface area is 96.8 Å². The number of carboxylic acids is 1. The van der Waals surface area contributed by atoms with Crippen LogP contribution in [-0.2, 0) is 17.4 Å². The number of benzene rings is 1. The maximum absolute atomic E-state index is 13.1. The fourth-order valence-electron chi connectivity index (χ4n) is 1.20. The summed E-state index contributed by atoms with van der Waals surface area (Å²) >= 11 is 0. The average molecular weight is 272 g/mol. The van der Waals surface area contributed by atoms with E-state index in [0.717, 1.165) is 0 Å². The molecule has 0 heterocycles.